The van der Waals surface area contributed by atoms with E-state index < -0.39 is 28.8 Å². The number of phenolic OH excluding ortho intramolecular Hbond substituents is 1. The first-order valence-electron chi connectivity index (χ1n) is 4.65. The fraction of sp³-hybridized carbons (Fsp3) is 0.364. The van der Waals surface area contributed by atoms with Crippen LogP contribution in [0, 0.1) is 11.6 Å². The topological polar surface area (TPSA) is 57.5 Å². The van der Waals surface area contributed by atoms with E-state index in [1.165, 1.54) is 19.9 Å². The highest BCUT2D eigenvalue weighted by Gasteiger charge is 2.29. The van der Waals surface area contributed by atoms with Gasteiger partial charge in [-0.25, -0.2) is 4.39 Å². The number of aromatic hydroxyl groups is 1. The van der Waals surface area contributed by atoms with Gasteiger partial charge in [-0.2, -0.15) is 4.39 Å². The highest BCUT2D eigenvalue weighted by Crippen LogP contribution is 2.32. The van der Waals surface area contributed by atoms with Crippen LogP contribution in [0.3, 0.4) is 0 Å². The van der Waals surface area contributed by atoms with Gasteiger partial charge in [0.2, 0.25) is 5.82 Å². The van der Waals surface area contributed by atoms with Crippen LogP contribution in [0.15, 0.2) is 12.1 Å². The molecule has 0 amide bonds. The van der Waals surface area contributed by atoms with Crippen LogP contribution >= 0.6 is 0 Å². The fourth-order valence-electron chi connectivity index (χ4n) is 1.54. The van der Waals surface area contributed by atoms with Crippen molar-refractivity contribution < 1.29 is 23.8 Å². The van der Waals surface area contributed by atoms with Crippen LogP contribution < -0.4 is 0 Å². The number of aliphatic carboxylic acids is 1. The molecule has 3 nitrogen and oxygen atoms in total. The smallest absolute Gasteiger partial charge is 0.304 e. The zero-order valence-corrected chi connectivity index (χ0v) is 8.92. The van der Waals surface area contributed by atoms with Gasteiger partial charge in [0, 0.05) is 5.41 Å². The molecule has 0 bridgehead atoms. The van der Waals surface area contributed by atoms with Gasteiger partial charge < -0.3 is 10.2 Å². The molecule has 5 heteroatoms. The van der Waals surface area contributed by atoms with E-state index in [2.05, 4.69) is 0 Å². The Hall–Kier alpha value is -1.65. The summed E-state index contributed by atoms with van der Waals surface area (Å²) in [6.45, 7) is 2.99. The third-order valence-corrected chi connectivity index (χ3v) is 2.38. The Labute approximate surface area is 91.3 Å². The molecule has 1 aromatic carbocycles. The number of carboxylic acid groups (broad SMARTS) is 1. The maximum atomic E-state index is 13.5. The second-order valence-corrected chi connectivity index (χ2v) is 4.21. The van der Waals surface area contributed by atoms with E-state index in [1.54, 1.807) is 0 Å². The van der Waals surface area contributed by atoms with Crippen molar-refractivity contribution in [2.45, 2.75) is 25.7 Å². The molecular formula is C11H12F2O3. The van der Waals surface area contributed by atoms with E-state index in [1.807, 2.05) is 0 Å². The molecule has 0 spiro atoms. The van der Waals surface area contributed by atoms with Gasteiger partial charge in [0.05, 0.1) is 6.42 Å². The summed E-state index contributed by atoms with van der Waals surface area (Å²) in [5, 5.41) is 17.6. The van der Waals surface area contributed by atoms with E-state index in [9.17, 15) is 13.6 Å². The molecule has 2 N–H and O–H groups in total. The lowest BCUT2D eigenvalue weighted by atomic mass is 9.81. The quantitative estimate of drug-likeness (QED) is 0.838. The summed E-state index contributed by atoms with van der Waals surface area (Å²) in [4.78, 5) is 10.6. The Morgan fingerprint density at radius 1 is 1.31 bits per heavy atom. The van der Waals surface area contributed by atoms with Gasteiger partial charge in [-0.05, 0) is 11.6 Å². The maximum Gasteiger partial charge on any atom is 0.304 e. The van der Waals surface area contributed by atoms with Crippen LogP contribution in [0.2, 0.25) is 0 Å². The first-order valence-corrected chi connectivity index (χ1v) is 4.65. The van der Waals surface area contributed by atoms with E-state index in [4.69, 9.17) is 10.2 Å². The molecule has 0 radical (unpaired) electrons. The molecule has 0 aromatic heterocycles. The number of hydrogen-bond acceptors (Lipinski definition) is 2. The monoisotopic (exact) mass is 230 g/mol. The third kappa shape index (κ3) is 2.29. The predicted molar refractivity (Wildman–Crippen MR) is 53.3 cm³/mol. The summed E-state index contributed by atoms with van der Waals surface area (Å²) in [5.41, 5.74) is -1.10. The first kappa shape index (κ1) is 12.4. The largest absolute Gasteiger partial charge is 0.505 e. The zero-order valence-electron chi connectivity index (χ0n) is 8.92. The third-order valence-electron chi connectivity index (χ3n) is 2.38. The van der Waals surface area contributed by atoms with Crippen molar-refractivity contribution >= 4 is 5.97 Å². The van der Waals surface area contributed by atoms with Gasteiger partial charge in [-0.1, -0.05) is 19.9 Å². The number of phenols is 1. The Bertz CT molecular complexity index is 427. The molecule has 16 heavy (non-hydrogen) atoms. The normalized spacial score (nSPS) is 11.5. The molecule has 0 aliphatic rings. The van der Waals surface area contributed by atoms with Gasteiger partial charge in [0.25, 0.3) is 0 Å². The van der Waals surface area contributed by atoms with Crippen molar-refractivity contribution in [3.63, 3.8) is 0 Å². The summed E-state index contributed by atoms with van der Waals surface area (Å²) in [6, 6.07) is 2.20. The molecule has 0 atom stereocenters. The van der Waals surface area contributed by atoms with Crippen LogP contribution in [0.4, 0.5) is 8.78 Å². The number of hydrogen-bond donors (Lipinski definition) is 2. The van der Waals surface area contributed by atoms with Crippen molar-refractivity contribution in [2.24, 2.45) is 0 Å². The highest BCUT2D eigenvalue weighted by molar-refractivity contribution is 5.69. The van der Waals surface area contributed by atoms with E-state index >= 15 is 0 Å². The van der Waals surface area contributed by atoms with Crippen molar-refractivity contribution in [3.05, 3.63) is 29.3 Å². The van der Waals surface area contributed by atoms with Gasteiger partial charge in [-0.3, -0.25) is 4.79 Å². The highest BCUT2D eigenvalue weighted by atomic mass is 19.2. The molecule has 0 aliphatic heterocycles. The van der Waals surface area contributed by atoms with Crippen molar-refractivity contribution in [1.29, 1.82) is 0 Å². The summed E-state index contributed by atoms with van der Waals surface area (Å²) < 4.78 is 26.6. The van der Waals surface area contributed by atoms with Crippen molar-refractivity contribution in [1.82, 2.24) is 0 Å². The van der Waals surface area contributed by atoms with E-state index in [-0.39, 0.29) is 12.0 Å². The molecule has 0 saturated heterocycles. The number of halogens is 2. The van der Waals surface area contributed by atoms with Crippen LogP contribution in [-0.2, 0) is 10.2 Å². The molecule has 1 aromatic rings. The standard InChI is InChI=1S/C11H12F2O3/c1-11(2,5-8(15)16)6-3-4-7(14)10(13)9(6)12/h3-4,14H,5H2,1-2H3,(H,15,16). The molecule has 0 saturated carbocycles. The minimum Gasteiger partial charge on any atom is -0.505 e. The summed E-state index contributed by atoms with van der Waals surface area (Å²) in [5.74, 6) is -4.44. The number of benzene rings is 1. The lowest BCUT2D eigenvalue weighted by Gasteiger charge is -2.23. The van der Waals surface area contributed by atoms with Gasteiger partial charge in [-0.15, -0.1) is 0 Å². The number of carbonyl (C=O) groups is 1. The second kappa shape index (κ2) is 4.08. The second-order valence-electron chi connectivity index (χ2n) is 4.21. The average molecular weight is 230 g/mol. The average Bonchev–Trinajstić information content (AvgIpc) is 2.11. The van der Waals surface area contributed by atoms with Gasteiger partial charge >= 0.3 is 5.97 Å². The lowest BCUT2D eigenvalue weighted by molar-refractivity contribution is -0.138. The lowest BCUT2D eigenvalue weighted by Crippen LogP contribution is -2.23. The first-order chi connectivity index (χ1) is 7.25. The Kier molecular flexibility index (Phi) is 3.16. The summed E-state index contributed by atoms with van der Waals surface area (Å²) in [6.07, 6.45) is -0.325. The van der Waals surface area contributed by atoms with Gasteiger partial charge in [0.15, 0.2) is 11.6 Å². The molecule has 0 fully saturated rings. The molecule has 0 heterocycles. The van der Waals surface area contributed by atoms with Crippen LogP contribution in [-0.4, -0.2) is 16.2 Å². The molecule has 0 aliphatic carbocycles. The Morgan fingerprint density at radius 2 is 1.88 bits per heavy atom. The molecule has 0 unspecified atom stereocenters. The fourth-order valence-corrected chi connectivity index (χ4v) is 1.54. The minimum atomic E-state index is -1.35. The van der Waals surface area contributed by atoms with E-state index in [0.29, 0.717) is 0 Å². The number of carboxylic acids is 1. The zero-order chi connectivity index (χ0) is 12.5. The maximum absolute atomic E-state index is 13.5. The predicted octanol–water partition coefficient (Wildman–Crippen LogP) is 2.42. The number of rotatable bonds is 3. The Balaban J connectivity index is 3.23. The van der Waals surface area contributed by atoms with Gasteiger partial charge in [0.1, 0.15) is 0 Å². The van der Waals surface area contributed by atoms with Crippen LogP contribution in [0.25, 0.3) is 0 Å². The summed E-state index contributed by atoms with van der Waals surface area (Å²) >= 11 is 0. The van der Waals surface area contributed by atoms with Crippen molar-refractivity contribution in [3.8, 4) is 5.75 Å². The molecule has 1 rings (SSSR count). The van der Waals surface area contributed by atoms with Crippen LogP contribution in [0.5, 0.6) is 5.75 Å². The molecule has 88 valence electrons. The minimum absolute atomic E-state index is 0.0646. The van der Waals surface area contributed by atoms with Crippen LogP contribution in [0.1, 0.15) is 25.8 Å². The SMILES string of the molecule is CC(C)(CC(=O)O)c1ccc(O)c(F)c1F. The molecular weight excluding hydrogens is 218 g/mol. The Morgan fingerprint density at radius 3 is 2.38 bits per heavy atom. The van der Waals surface area contributed by atoms with E-state index in [0.717, 1.165) is 6.07 Å². The van der Waals surface area contributed by atoms with Crippen molar-refractivity contribution in [2.75, 3.05) is 0 Å². The summed E-state index contributed by atoms with van der Waals surface area (Å²) in [7, 11) is 0.